The topological polar surface area (TPSA) is 77.5 Å². The predicted molar refractivity (Wildman–Crippen MR) is 62.7 cm³/mol. The smallest absolute Gasteiger partial charge is 0.317 e. The van der Waals surface area contributed by atoms with Gasteiger partial charge in [0.25, 0.3) is 0 Å². The van der Waals surface area contributed by atoms with E-state index in [0.29, 0.717) is 12.8 Å². The zero-order valence-corrected chi connectivity index (χ0v) is 10.8. The van der Waals surface area contributed by atoms with Gasteiger partial charge in [0.1, 0.15) is 11.6 Å². The normalized spacial score (nSPS) is 42.5. The van der Waals surface area contributed by atoms with E-state index < -0.39 is 17.9 Å². The second-order valence-corrected chi connectivity index (χ2v) is 6.05. The first-order valence-electron chi connectivity index (χ1n) is 6.77. The van der Waals surface area contributed by atoms with Gasteiger partial charge < -0.3 is 4.74 Å². The minimum Gasteiger partial charge on any atom is -0.393 e. The van der Waals surface area contributed by atoms with Gasteiger partial charge in [0.05, 0.1) is 18.8 Å². The molecule has 5 heteroatoms. The first kappa shape index (κ1) is 12.5. The zero-order chi connectivity index (χ0) is 13.7. The fourth-order valence-corrected chi connectivity index (χ4v) is 4.06. The molecule has 0 aromatic heterocycles. The fraction of sp³-hybridized carbons (Fsp3) is 0.714. The van der Waals surface area contributed by atoms with E-state index in [9.17, 15) is 19.2 Å². The second-order valence-electron chi connectivity index (χ2n) is 6.05. The summed E-state index contributed by atoms with van der Waals surface area (Å²) in [4.78, 5) is 46.5. The Morgan fingerprint density at radius 3 is 2.37 bits per heavy atom. The highest BCUT2D eigenvalue weighted by atomic mass is 16.6. The third-order valence-corrected chi connectivity index (χ3v) is 4.88. The number of ether oxygens (including phenoxy) is 1. The molecule has 19 heavy (non-hydrogen) atoms. The van der Waals surface area contributed by atoms with Gasteiger partial charge in [0.15, 0.2) is 0 Å². The largest absolute Gasteiger partial charge is 0.393 e. The average molecular weight is 264 g/mol. The summed E-state index contributed by atoms with van der Waals surface area (Å²) in [6.45, 7) is 1.96. The molecule has 2 aliphatic carbocycles. The number of hydrogen-bond donors (Lipinski definition) is 0. The van der Waals surface area contributed by atoms with Crippen molar-refractivity contribution >= 4 is 23.5 Å². The maximum absolute atomic E-state index is 11.9. The molecule has 5 nitrogen and oxygen atoms in total. The van der Waals surface area contributed by atoms with Gasteiger partial charge in [-0.1, -0.05) is 6.92 Å². The fourth-order valence-electron chi connectivity index (χ4n) is 4.06. The molecule has 1 saturated heterocycles. The summed E-state index contributed by atoms with van der Waals surface area (Å²) in [5.74, 6) is -1.62. The summed E-state index contributed by atoms with van der Waals surface area (Å²) in [6.07, 6.45) is 1.43. The molecule has 3 aliphatic rings. The van der Waals surface area contributed by atoms with E-state index in [2.05, 4.69) is 4.74 Å². The van der Waals surface area contributed by atoms with E-state index in [1.54, 1.807) is 0 Å². The maximum atomic E-state index is 11.9. The lowest BCUT2D eigenvalue weighted by Crippen LogP contribution is -2.37. The molecule has 0 N–H and O–H groups in total. The average Bonchev–Trinajstić information content (AvgIpc) is 2.80. The summed E-state index contributed by atoms with van der Waals surface area (Å²) < 4.78 is 4.59. The Hall–Kier alpha value is -1.52. The highest BCUT2D eigenvalue weighted by Gasteiger charge is 2.51. The minimum atomic E-state index is -0.474. The number of ketones is 2. The van der Waals surface area contributed by atoms with Crippen LogP contribution in [0.15, 0.2) is 0 Å². The molecule has 5 atom stereocenters. The van der Waals surface area contributed by atoms with Gasteiger partial charge in [0.2, 0.25) is 0 Å². The summed E-state index contributed by atoms with van der Waals surface area (Å²) >= 11 is 0. The number of hydrogen-bond acceptors (Lipinski definition) is 5. The van der Waals surface area contributed by atoms with E-state index in [-0.39, 0.29) is 48.1 Å². The summed E-state index contributed by atoms with van der Waals surface area (Å²) in [6, 6.07) is 0. The number of Topliss-reactive ketones (excluding diaryl/α,β-unsaturated/α-hetero) is 2. The van der Waals surface area contributed by atoms with Gasteiger partial charge in [-0.25, -0.2) is 0 Å². The van der Waals surface area contributed by atoms with Crippen LogP contribution in [0.5, 0.6) is 0 Å². The van der Waals surface area contributed by atoms with Crippen LogP contribution in [0.1, 0.15) is 32.6 Å². The SMILES string of the molecule is CC1CC([C@@H]2CC(=O)OC2=O)CC2C(=O)CC(=O)C12. The number of esters is 2. The number of carbonyl (C=O) groups is 4. The molecule has 0 aromatic carbocycles. The quantitative estimate of drug-likeness (QED) is 0.519. The molecule has 0 radical (unpaired) electrons. The third kappa shape index (κ3) is 1.91. The number of fused-ring (bicyclic) bond motifs is 1. The van der Waals surface area contributed by atoms with Gasteiger partial charge in [-0.3, -0.25) is 19.2 Å². The molecular formula is C14H16O5. The molecular weight excluding hydrogens is 248 g/mol. The Kier molecular flexibility index (Phi) is 2.80. The summed E-state index contributed by atoms with van der Waals surface area (Å²) in [5.41, 5.74) is 0. The van der Waals surface area contributed by atoms with Crippen LogP contribution >= 0.6 is 0 Å². The van der Waals surface area contributed by atoms with Gasteiger partial charge in [-0.15, -0.1) is 0 Å². The molecule has 2 saturated carbocycles. The Labute approximate surface area is 110 Å². The van der Waals surface area contributed by atoms with Crippen molar-refractivity contribution in [2.24, 2.45) is 29.6 Å². The highest BCUT2D eigenvalue weighted by Crippen LogP contribution is 2.47. The van der Waals surface area contributed by atoms with Crippen LogP contribution in [-0.4, -0.2) is 23.5 Å². The lowest BCUT2D eigenvalue weighted by molar-refractivity contribution is -0.154. The molecule has 0 aromatic rings. The maximum Gasteiger partial charge on any atom is 0.317 e. The number of rotatable bonds is 1. The summed E-state index contributed by atoms with van der Waals surface area (Å²) in [5, 5.41) is 0. The van der Waals surface area contributed by atoms with Gasteiger partial charge in [-0.05, 0) is 24.7 Å². The lowest BCUT2D eigenvalue weighted by atomic mass is 9.66. The van der Waals surface area contributed by atoms with E-state index in [0.717, 1.165) is 0 Å². The number of cyclic esters (lactones) is 2. The van der Waals surface area contributed by atoms with Crippen LogP contribution in [0.25, 0.3) is 0 Å². The van der Waals surface area contributed by atoms with Crippen molar-refractivity contribution in [3.8, 4) is 0 Å². The van der Waals surface area contributed by atoms with Crippen molar-refractivity contribution in [1.82, 2.24) is 0 Å². The molecule has 3 fully saturated rings. The van der Waals surface area contributed by atoms with Crippen molar-refractivity contribution in [2.75, 3.05) is 0 Å². The van der Waals surface area contributed by atoms with Crippen LogP contribution in [0.4, 0.5) is 0 Å². The third-order valence-electron chi connectivity index (χ3n) is 4.88. The molecule has 3 rings (SSSR count). The molecule has 0 bridgehead atoms. The van der Waals surface area contributed by atoms with Crippen molar-refractivity contribution in [2.45, 2.75) is 32.6 Å². The van der Waals surface area contributed by atoms with E-state index in [1.165, 1.54) is 0 Å². The van der Waals surface area contributed by atoms with E-state index in [1.807, 2.05) is 6.92 Å². The Bertz CT molecular complexity index is 480. The first-order chi connectivity index (χ1) is 8.97. The predicted octanol–water partition coefficient (Wildman–Crippen LogP) is 0.897. The van der Waals surface area contributed by atoms with Gasteiger partial charge >= 0.3 is 11.9 Å². The molecule has 0 amide bonds. The molecule has 1 aliphatic heterocycles. The van der Waals surface area contributed by atoms with Crippen molar-refractivity contribution < 1.29 is 23.9 Å². The molecule has 0 spiro atoms. The van der Waals surface area contributed by atoms with Crippen LogP contribution < -0.4 is 0 Å². The number of carbonyl (C=O) groups excluding carboxylic acids is 4. The Morgan fingerprint density at radius 1 is 1.00 bits per heavy atom. The standard InChI is InChI=1S/C14H16O5/c1-6-2-7(8-4-12(17)19-14(8)18)3-9-10(15)5-11(16)13(6)9/h6-9,13H,2-5H2,1H3/t6?,7?,8-,9?,13?/m0/s1. The summed E-state index contributed by atoms with van der Waals surface area (Å²) in [7, 11) is 0. The van der Waals surface area contributed by atoms with Crippen molar-refractivity contribution in [3.63, 3.8) is 0 Å². The monoisotopic (exact) mass is 264 g/mol. The Balaban J connectivity index is 1.80. The highest BCUT2D eigenvalue weighted by molar-refractivity contribution is 6.08. The van der Waals surface area contributed by atoms with Gasteiger partial charge in [-0.2, -0.15) is 0 Å². The van der Waals surface area contributed by atoms with E-state index >= 15 is 0 Å². The van der Waals surface area contributed by atoms with Crippen LogP contribution in [0.3, 0.4) is 0 Å². The van der Waals surface area contributed by atoms with Crippen molar-refractivity contribution in [3.05, 3.63) is 0 Å². The van der Waals surface area contributed by atoms with Crippen LogP contribution in [-0.2, 0) is 23.9 Å². The zero-order valence-electron chi connectivity index (χ0n) is 10.8. The van der Waals surface area contributed by atoms with Crippen LogP contribution in [0, 0.1) is 29.6 Å². The van der Waals surface area contributed by atoms with Crippen molar-refractivity contribution in [1.29, 1.82) is 0 Å². The van der Waals surface area contributed by atoms with Crippen LogP contribution in [0.2, 0.25) is 0 Å². The van der Waals surface area contributed by atoms with Gasteiger partial charge in [0, 0.05) is 11.8 Å². The molecule has 4 unspecified atom stereocenters. The molecule has 102 valence electrons. The Morgan fingerprint density at radius 2 is 1.74 bits per heavy atom. The van der Waals surface area contributed by atoms with E-state index in [4.69, 9.17) is 0 Å². The second kappa shape index (κ2) is 4.25. The minimum absolute atomic E-state index is 0.00393. The first-order valence-corrected chi connectivity index (χ1v) is 6.77. The lowest BCUT2D eigenvalue weighted by Gasteiger charge is -2.36. The molecule has 1 heterocycles.